The normalized spacial score (nSPS) is 28.4. The van der Waals surface area contributed by atoms with Crippen LogP contribution in [0.2, 0.25) is 0 Å². The average Bonchev–Trinajstić information content (AvgIpc) is 3.17. The summed E-state index contributed by atoms with van der Waals surface area (Å²) in [5.74, 6) is -0.765. The Balaban J connectivity index is 1.23. The Morgan fingerprint density at radius 3 is 2.77 bits per heavy atom. The number of nitriles is 1. The maximum Gasteiger partial charge on any atom is 0.249 e. The number of amides is 1. The van der Waals surface area contributed by atoms with E-state index in [1.165, 1.54) is 11.2 Å². The number of halogens is 2. The molecule has 2 bridgehead atoms. The fraction of sp³-hybridized carbons (Fsp3) is 0.364. The molecule has 4 aliphatic rings. The predicted molar refractivity (Wildman–Crippen MR) is 102 cm³/mol. The fourth-order valence-corrected chi connectivity index (χ4v) is 5.02. The Labute approximate surface area is 171 Å². The monoisotopic (exact) mass is 408 g/mol. The van der Waals surface area contributed by atoms with Gasteiger partial charge in [0.2, 0.25) is 11.8 Å². The highest BCUT2D eigenvalue weighted by molar-refractivity contribution is 5.88. The summed E-state index contributed by atoms with van der Waals surface area (Å²) in [6.45, 7) is 0.451. The summed E-state index contributed by atoms with van der Waals surface area (Å²) in [5, 5.41) is 14.3. The van der Waals surface area contributed by atoms with Crippen LogP contribution < -0.4 is 4.74 Å². The van der Waals surface area contributed by atoms with Gasteiger partial charge in [-0.25, -0.2) is 18.8 Å². The van der Waals surface area contributed by atoms with Crippen molar-refractivity contribution in [3.8, 4) is 11.9 Å². The summed E-state index contributed by atoms with van der Waals surface area (Å²) in [6.07, 6.45) is 5.44. The number of pyridine rings is 1. The van der Waals surface area contributed by atoms with Gasteiger partial charge in [0, 0.05) is 35.9 Å². The molecule has 3 saturated carbocycles. The predicted octanol–water partition coefficient (Wildman–Crippen LogP) is 3.74. The molecule has 0 saturated heterocycles. The van der Waals surface area contributed by atoms with Gasteiger partial charge in [-0.3, -0.25) is 4.79 Å². The second kappa shape index (κ2) is 6.59. The van der Waals surface area contributed by atoms with Crippen LogP contribution in [-0.4, -0.2) is 28.7 Å². The minimum Gasteiger partial charge on any atom is -0.477 e. The molecule has 3 aliphatic carbocycles. The molecule has 3 fully saturated rings. The Morgan fingerprint density at radius 2 is 2.07 bits per heavy atom. The average molecular weight is 408 g/mol. The highest BCUT2D eigenvalue weighted by atomic mass is 19.1. The number of nitrogens with zero attached hydrogens (tertiary/aromatic N) is 4. The van der Waals surface area contributed by atoms with Crippen molar-refractivity contribution in [3.05, 3.63) is 59.3 Å². The van der Waals surface area contributed by atoms with Gasteiger partial charge in [-0.05, 0) is 43.5 Å². The SMILES string of the molecule is N#Cc1ccc(OCC23CC(C(=O)N4N=CCC4c4cc(F)ccc4F)(C2)C3)nc1. The summed E-state index contributed by atoms with van der Waals surface area (Å²) >= 11 is 0. The van der Waals surface area contributed by atoms with Crippen LogP contribution in [0.5, 0.6) is 5.88 Å². The molecule has 30 heavy (non-hydrogen) atoms. The molecule has 0 spiro atoms. The number of hydrazone groups is 1. The molecule has 1 atom stereocenters. The molecule has 2 heterocycles. The summed E-state index contributed by atoms with van der Waals surface area (Å²) in [4.78, 5) is 17.3. The highest BCUT2D eigenvalue weighted by Gasteiger charge is 2.73. The molecule has 1 unspecified atom stereocenters. The van der Waals surface area contributed by atoms with Crippen molar-refractivity contribution in [1.82, 2.24) is 9.99 Å². The van der Waals surface area contributed by atoms with Crippen molar-refractivity contribution in [2.45, 2.75) is 31.7 Å². The number of carbonyl (C=O) groups is 1. The van der Waals surface area contributed by atoms with Crippen LogP contribution >= 0.6 is 0 Å². The van der Waals surface area contributed by atoms with E-state index in [1.54, 1.807) is 18.3 Å². The zero-order chi connectivity index (χ0) is 20.9. The van der Waals surface area contributed by atoms with Crippen molar-refractivity contribution in [2.75, 3.05) is 6.61 Å². The first-order valence-corrected chi connectivity index (χ1v) is 9.74. The first-order chi connectivity index (χ1) is 14.4. The maximum absolute atomic E-state index is 14.2. The summed E-state index contributed by atoms with van der Waals surface area (Å²) in [6, 6.07) is 7.97. The molecule has 1 aromatic heterocycles. The van der Waals surface area contributed by atoms with Crippen molar-refractivity contribution in [3.63, 3.8) is 0 Å². The minimum atomic E-state index is -0.614. The summed E-state index contributed by atoms with van der Waals surface area (Å²) in [5.41, 5.74) is 0.0599. The van der Waals surface area contributed by atoms with E-state index in [0.717, 1.165) is 18.2 Å². The third kappa shape index (κ3) is 2.84. The molecule has 1 aliphatic heterocycles. The van der Waals surface area contributed by atoms with Crippen LogP contribution in [0.15, 0.2) is 41.6 Å². The van der Waals surface area contributed by atoms with Gasteiger partial charge >= 0.3 is 0 Å². The van der Waals surface area contributed by atoms with E-state index in [9.17, 15) is 13.6 Å². The third-order valence-corrected chi connectivity index (χ3v) is 6.34. The first kappa shape index (κ1) is 18.7. The first-order valence-electron chi connectivity index (χ1n) is 9.74. The zero-order valence-corrected chi connectivity index (χ0v) is 16.0. The zero-order valence-electron chi connectivity index (χ0n) is 16.0. The van der Waals surface area contributed by atoms with Crippen molar-refractivity contribution in [2.24, 2.45) is 15.9 Å². The van der Waals surface area contributed by atoms with Gasteiger partial charge in [-0.1, -0.05) is 0 Å². The largest absolute Gasteiger partial charge is 0.477 e. The van der Waals surface area contributed by atoms with Crippen molar-refractivity contribution < 1.29 is 18.3 Å². The van der Waals surface area contributed by atoms with E-state index in [-0.39, 0.29) is 16.9 Å². The van der Waals surface area contributed by atoms with E-state index < -0.39 is 23.1 Å². The molecule has 1 aromatic carbocycles. The minimum absolute atomic E-state index is 0.0612. The Morgan fingerprint density at radius 1 is 1.27 bits per heavy atom. The number of hydrogen-bond donors (Lipinski definition) is 0. The lowest BCUT2D eigenvalue weighted by Gasteiger charge is -2.69. The second-order valence-corrected chi connectivity index (χ2v) is 8.46. The number of hydrogen-bond acceptors (Lipinski definition) is 5. The van der Waals surface area contributed by atoms with Crippen LogP contribution in [0.25, 0.3) is 0 Å². The van der Waals surface area contributed by atoms with E-state index in [4.69, 9.17) is 10.00 Å². The van der Waals surface area contributed by atoms with Crippen LogP contribution in [0, 0.1) is 33.8 Å². The smallest absolute Gasteiger partial charge is 0.249 e. The molecule has 1 amide bonds. The van der Waals surface area contributed by atoms with Crippen molar-refractivity contribution in [1.29, 1.82) is 5.26 Å². The maximum atomic E-state index is 14.2. The second-order valence-electron chi connectivity index (χ2n) is 8.46. The highest BCUT2D eigenvalue weighted by Crippen LogP contribution is 2.74. The summed E-state index contributed by atoms with van der Waals surface area (Å²) < 4.78 is 33.6. The topological polar surface area (TPSA) is 78.6 Å². The van der Waals surface area contributed by atoms with Crippen LogP contribution in [0.3, 0.4) is 0 Å². The number of ether oxygens (including phenoxy) is 1. The molecular formula is C22H18F2N4O2. The van der Waals surface area contributed by atoms with Gasteiger partial charge in [0.05, 0.1) is 23.6 Å². The summed E-state index contributed by atoms with van der Waals surface area (Å²) in [7, 11) is 0. The third-order valence-electron chi connectivity index (χ3n) is 6.34. The standard InChI is InChI=1S/C22H18F2N4O2/c23-15-2-3-17(24)16(7-15)18-5-6-27-28(18)20(29)22-10-21(11-22,12-22)13-30-19-4-1-14(8-25)9-26-19/h1-4,6-7,9,18H,5,10-13H2. The quantitative estimate of drug-likeness (QED) is 0.755. The molecular weight excluding hydrogens is 390 g/mol. The lowest BCUT2D eigenvalue weighted by molar-refractivity contribution is -0.227. The van der Waals surface area contributed by atoms with Crippen LogP contribution in [0.1, 0.15) is 42.9 Å². The van der Waals surface area contributed by atoms with Gasteiger partial charge in [0.1, 0.15) is 17.7 Å². The molecule has 6 rings (SSSR count). The molecule has 6 nitrogen and oxygen atoms in total. The van der Waals surface area contributed by atoms with Gasteiger partial charge in [0.15, 0.2) is 0 Å². The number of rotatable bonds is 5. The fourth-order valence-electron chi connectivity index (χ4n) is 5.02. The molecule has 0 N–H and O–H groups in total. The number of benzene rings is 1. The van der Waals surface area contributed by atoms with Crippen molar-refractivity contribution >= 4 is 12.1 Å². The Kier molecular flexibility index (Phi) is 4.10. The van der Waals surface area contributed by atoms with E-state index in [0.29, 0.717) is 43.7 Å². The molecule has 2 aromatic rings. The van der Waals surface area contributed by atoms with Gasteiger partial charge in [-0.2, -0.15) is 10.4 Å². The number of aromatic nitrogens is 1. The van der Waals surface area contributed by atoms with Gasteiger partial charge < -0.3 is 4.74 Å². The van der Waals surface area contributed by atoms with E-state index >= 15 is 0 Å². The molecule has 8 heteroatoms. The van der Waals surface area contributed by atoms with Crippen LogP contribution in [0.4, 0.5) is 8.78 Å². The van der Waals surface area contributed by atoms with E-state index in [1.807, 2.05) is 6.07 Å². The van der Waals surface area contributed by atoms with E-state index in [2.05, 4.69) is 10.1 Å². The Bertz CT molecular complexity index is 1070. The van der Waals surface area contributed by atoms with Gasteiger partial charge in [0.25, 0.3) is 0 Å². The number of carbonyl (C=O) groups excluding carboxylic acids is 1. The van der Waals surface area contributed by atoms with Gasteiger partial charge in [-0.15, -0.1) is 0 Å². The van der Waals surface area contributed by atoms with Crippen LogP contribution in [-0.2, 0) is 4.79 Å². The molecule has 0 radical (unpaired) electrons. The Hall–Kier alpha value is -3.34. The lowest BCUT2D eigenvalue weighted by atomic mass is 9.35. The lowest BCUT2D eigenvalue weighted by Crippen LogP contribution is -2.69. The molecule has 152 valence electrons.